The van der Waals surface area contributed by atoms with Gasteiger partial charge in [0.2, 0.25) is 5.91 Å². The Balaban J connectivity index is 3.63. The predicted octanol–water partition coefficient (Wildman–Crippen LogP) is 4.93. The third kappa shape index (κ3) is 20.4. The lowest BCUT2D eigenvalue weighted by atomic mass is 10.2. The van der Waals surface area contributed by atoms with Crippen LogP contribution in [0.25, 0.3) is 0 Å². The molecule has 0 saturated carbocycles. The lowest BCUT2D eigenvalue weighted by Crippen LogP contribution is -2.39. The SMILES string of the molecule is CC/C=C\C/C=C\C/C=C\C/C=C\C/C=C\C/C=C\CCC(=O)NC(CO)CO. The summed E-state index contributed by atoms with van der Waals surface area (Å²) in [6.45, 7) is 1.65. The second-order valence-corrected chi connectivity index (χ2v) is 6.58. The van der Waals surface area contributed by atoms with E-state index in [0.717, 1.165) is 38.5 Å². The number of hydrogen-bond acceptors (Lipinski definition) is 3. The van der Waals surface area contributed by atoms with Crippen molar-refractivity contribution in [3.63, 3.8) is 0 Å². The standard InChI is InChI=1S/C25H39NO3/c1-2-3-4-5-6-7-8-9-10-11-12-13-14-15-16-17-18-19-20-21-25(29)26-24(22-27)23-28/h3-4,6-7,9-10,12-13,15-16,18-19,24,27-28H,2,5,8,11,14,17,20-23H2,1H3,(H,26,29)/b4-3-,7-6-,10-9-,13-12-,16-15-,19-18-. The molecule has 0 rings (SSSR count). The molecule has 0 aliphatic carbocycles. The smallest absolute Gasteiger partial charge is 0.220 e. The highest BCUT2D eigenvalue weighted by atomic mass is 16.3. The Labute approximate surface area is 177 Å². The van der Waals surface area contributed by atoms with Crippen LogP contribution in [0.15, 0.2) is 72.9 Å². The Morgan fingerprint density at radius 2 is 1.07 bits per heavy atom. The Morgan fingerprint density at radius 1 is 0.690 bits per heavy atom. The first-order chi connectivity index (χ1) is 14.2. The molecule has 4 nitrogen and oxygen atoms in total. The van der Waals surface area contributed by atoms with E-state index in [9.17, 15) is 4.79 Å². The molecule has 3 N–H and O–H groups in total. The molecule has 1 amide bonds. The maximum atomic E-state index is 11.6. The van der Waals surface area contributed by atoms with E-state index >= 15 is 0 Å². The third-order valence-electron chi connectivity index (χ3n) is 3.94. The van der Waals surface area contributed by atoms with Crippen LogP contribution in [-0.2, 0) is 4.79 Å². The van der Waals surface area contributed by atoms with Gasteiger partial charge in [0.1, 0.15) is 0 Å². The van der Waals surface area contributed by atoms with E-state index in [1.165, 1.54) is 0 Å². The van der Waals surface area contributed by atoms with Crippen molar-refractivity contribution in [3.05, 3.63) is 72.9 Å². The van der Waals surface area contributed by atoms with Crippen LogP contribution >= 0.6 is 0 Å². The lowest BCUT2D eigenvalue weighted by Gasteiger charge is -2.12. The molecule has 4 heteroatoms. The Kier molecular flexibility index (Phi) is 20.5. The fourth-order valence-corrected chi connectivity index (χ4v) is 2.30. The fraction of sp³-hybridized carbons (Fsp3) is 0.480. The molecular weight excluding hydrogens is 362 g/mol. The van der Waals surface area contributed by atoms with Crippen LogP contribution < -0.4 is 5.32 Å². The summed E-state index contributed by atoms with van der Waals surface area (Å²) < 4.78 is 0. The molecule has 0 unspecified atom stereocenters. The van der Waals surface area contributed by atoms with Gasteiger partial charge in [-0.2, -0.15) is 0 Å². The Bertz CT molecular complexity index is 552. The van der Waals surface area contributed by atoms with E-state index < -0.39 is 6.04 Å². The molecule has 0 atom stereocenters. The Hall–Kier alpha value is -2.17. The minimum atomic E-state index is -0.562. The van der Waals surface area contributed by atoms with Crippen molar-refractivity contribution in [2.24, 2.45) is 0 Å². The number of rotatable bonds is 17. The van der Waals surface area contributed by atoms with Crippen molar-refractivity contribution in [2.45, 2.75) is 64.3 Å². The number of nitrogens with one attached hydrogen (secondary N) is 1. The fourth-order valence-electron chi connectivity index (χ4n) is 2.30. The van der Waals surface area contributed by atoms with Gasteiger partial charge in [-0.25, -0.2) is 0 Å². The van der Waals surface area contributed by atoms with Gasteiger partial charge in [0.15, 0.2) is 0 Å². The molecule has 0 heterocycles. The van der Waals surface area contributed by atoms with Crippen molar-refractivity contribution < 1.29 is 15.0 Å². The molecule has 0 radical (unpaired) electrons. The number of hydrogen-bond donors (Lipinski definition) is 3. The van der Waals surface area contributed by atoms with Crippen LogP contribution in [0, 0.1) is 0 Å². The molecule has 0 aromatic heterocycles. The second-order valence-electron chi connectivity index (χ2n) is 6.58. The van der Waals surface area contributed by atoms with Crippen LogP contribution in [0.5, 0.6) is 0 Å². The van der Waals surface area contributed by atoms with Gasteiger partial charge in [-0.05, 0) is 44.9 Å². The monoisotopic (exact) mass is 401 g/mol. The summed E-state index contributed by atoms with van der Waals surface area (Å²) >= 11 is 0. The molecule has 162 valence electrons. The van der Waals surface area contributed by atoms with Gasteiger partial charge >= 0.3 is 0 Å². The zero-order valence-corrected chi connectivity index (χ0v) is 17.9. The van der Waals surface area contributed by atoms with Gasteiger partial charge in [0.05, 0.1) is 19.3 Å². The zero-order valence-electron chi connectivity index (χ0n) is 17.9. The zero-order chi connectivity index (χ0) is 21.4. The molecule has 0 aromatic rings. The van der Waals surface area contributed by atoms with Crippen molar-refractivity contribution in [3.8, 4) is 0 Å². The lowest BCUT2D eigenvalue weighted by molar-refractivity contribution is -0.122. The normalized spacial score (nSPS) is 13.0. The number of carbonyl (C=O) groups excluding carboxylic acids is 1. The Morgan fingerprint density at radius 3 is 1.45 bits per heavy atom. The summed E-state index contributed by atoms with van der Waals surface area (Å²) in [5, 5.41) is 20.4. The molecule has 0 aromatic carbocycles. The third-order valence-corrected chi connectivity index (χ3v) is 3.94. The number of allylic oxidation sites excluding steroid dienone is 12. The highest BCUT2D eigenvalue weighted by molar-refractivity contribution is 5.76. The molecule has 0 fully saturated rings. The van der Waals surface area contributed by atoms with Crippen LogP contribution in [0.1, 0.15) is 58.3 Å². The first kappa shape index (κ1) is 26.8. The van der Waals surface area contributed by atoms with E-state index in [4.69, 9.17) is 10.2 Å². The molecule has 29 heavy (non-hydrogen) atoms. The van der Waals surface area contributed by atoms with E-state index in [2.05, 4.69) is 73.0 Å². The van der Waals surface area contributed by atoms with Gasteiger partial charge in [-0.15, -0.1) is 0 Å². The molecule has 0 aliphatic heterocycles. The van der Waals surface area contributed by atoms with Gasteiger partial charge in [0.25, 0.3) is 0 Å². The highest BCUT2D eigenvalue weighted by Gasteiger charge is 2.08. The van der Waals surface area contributed by atoms with E-state index in [1.807, 2.05) is 12.2 Å². The van der Waals surface area contributed by atoms with E-state index in [1.54, 1.807) is 0 Å². The topological polar surface area (TPSA) is 69.6 Å². The minimum absolute atomic E-state index is 0.155. The highest BCUT2D eigenvalue weighted by Crippen LogP contribution is 1.98. The van der Waals surface area contributed by atoms with Crippen molar-refractivity contribution >= 4 is 5.91 Å². The van der Waals surface area contributed by atoms with Gasteiger partial charge in [-0.1, -0.05) is 79.8 Å². The summed E-state index contributed by atoms with van der Waals surface area (Å²) in [6.07, 6.45) is 32.6. The molecular formula is C25H39NO3. The predicted molar refractivity (Wildman–Crippen MR) is 124 cm³/mol. The van der Waals surface area contributed by atoms with Crippen molar-refractivity contribution in [1.29, 1.82) is 0 Å². The average molecular weight is 402 g/mol. The first-order valence-corrected chi connectivity index (χ1v) is 10.7. The van der Waals surface area contributed by atoms with Crippen molar-refractivity contribution in [1.82, 2.24) is 5.32 Å². The van der Waals surface area contributed by atoms with E-state index in [-0.39, 0.29) is 19.1 Å². The van der Waals surface area contributed by atoms with Gasteiger partial charge in [-0.3, -0.25) is 4.79 Å². The summed E-state index contributed by atoms with van der Waals surface area (Å²) in [6, 6.07) is -0.562. The number of aliphatic hydroxyl groups is 2. The molecule has 0 aliphatic rings. The van der Waals surface area contributed by atoms with Crippen LogP contribution in [0.2, 0.25) is 0 Å². The average Bonchev–Trinajstić information content (AvgIpc) is 2.73. The maximum Gasteiger partial charge on any atom is 0.220 e. The minimum Gasteiger partial charge on any atom is -0.394 e. The summed E-state index contributed by atoms with van der Waals surface area (Å²) in [4.78, 5) is 11.6. The first-order valence-electron chi connectivity index (χ1n) is 10.7. The summed E-state index contributed by atoms with van der Waals surface area (Å²) in [5.74, 6) is -0.155. The van der Waals surface area contributed by atoms with E-state index in [0.29, 0.717) is 12.8 Å². The summed E-state index contributed by atoms with van der Waals surface area (Å²) in [5.41, 5.74) is 0. The van der Waals surface area contributed by atoms with Crippen LogP contribution in [0.3, 0.4) is 0 Å². The van der Waals surface area contributed by atoms with Gasteiger partial charge in [0, 0.05) is 6.42 Å². The quantitative estimate of drug-likeness (QED) is 0.303. The molecule has 0 bridgehead atoms. The maximum absolute atomic E-state index is 11.6. The van der Waals surface area contributed by atoms with Crippen LogP contribution in [-0.4, -0.2) is 35.4 Å². The number of amides is 1. The second kappa shape index (κ2) is 22.1. The van der Waals surface area contributed by atoms with Crippen LogP contribution in [0.4, 0.5) is 0 Å². The summed E-state index contributed by atoms with van der Waals surface area (Å²) in [7, 11) is 0. The number of aliphatic hydroxyl groups excluding tert-OH is 2. The molecule has 0 spiro atoms. The van der Waals surface area contributed by atoms with Crippen molar-refractivity contribution in [2.75, 3.05) is 13.2 Å². The molecule has 0 saturated heterocycles. The van der Waals surface area contributed by atoms with Gasteiger partial charge < -0.3 is 15.5 Å². The number of carbonyl (C=O) groups is 1. The largest absolute Gasteiger partial charge is 0.394 e.